The van der Waals surface area contributed by atoms with E-state index < -0.39 is 11.9 Å². The first-order valence-corrected chi connectivity index (χ1v) is 9.86. The third kappa shape index (κ3) is 10.7. The van der Waals surface area contributed by atoms with Crippen molar-refractivity contribution in [3.63, 3.8) is 0 Å². The highest BCUT2D eigenvalue weighted by Gasteiger charge is 2.26. The quantitative estimate of drug-likeness (QED) is 0.402. The van der Waals surface area contributed by atoms with Crippen LogP contribution in [0.4, 0.5) is 0 Å². The monoisotopic (exact) mass is 342 g/mol. The van der Waals surface area contributed by atoms with Gasteiger partial charge >= 0.3 is 11.9 Å². The van der Waals surface area contributed by atoms with Crippen molar-refractivity contribution in [1.82, 2.24) is 0 Å². The number of rotatable bonds is 15. The van der Waals surface area contributed by atoms with Gasteiger partial charge in [-0.25, -0.2) is 0 Å². The number of carbonyl (C=O) groups is 2. The summed E-state index contributed by atoms with van der Waals surface area (Å²) >= 11 is 0. The lowest BCUT2D eigenvalue weighted by Crippen LogP contribution is -2.25. The summed E-state index contributed by atoms with van der Waals surface area (Å²) in [6.45, 7) is 8.96. The number of carbonyl (C=O) groups excluding carboxylic acids is 1. The number of esters is 1. The summed E-state index contributed by atoms with van der Waals surface area (Å²) in [6, 6.07) is 0. The molecule has 0 aliphatic rings. The number of ether oxygens (including phenoxy) is 1. The van der Waals surface area contributed by atoms with Gasteiger partial charge < -0.3 is 9.84 Å². The van der Waals surface area contributed by atoms with Gasteiger partial charge in [-0.1, -0.05) is 72.6 Å². The number of hydrogen-bond donors (Lipinski definition) is 1. The fourth-order valence-corrected chi connectivity index (χ4v) is 3.07. The van der Waals surface area contributed by atoms with Gasteiger partial charge in [0, 0.05) is 0 Å². The first kappa shape index (κ1) is 22.9. The van der Waals surface area contributed by atoms with Crippen LogP contribution in [0.5, 0.6) is 0 Å². The van der Waals surface area contributed by atoms with Crippen molar-refractivity contribution in [2.24, 2.45) is 17.8 Å². The zero-order valence-electron chi connectivity index (χ0n) is 16.2. The molecule has 1 N–H and O–H groups in total. The summed E-state index contributed by atoms with van der Waals surface area (Å²) in [5.41, 5.74) is 0. The zero-order chi connectivity index (χ0) is 18.4. The van der Waals surface area contributed by atoms with Crippen molar-refractivity contribution < 1.29 is 19.4 Å². The smallest absolute Gasteiger partial charge is 0.309 e. The van der Waals surface area contributed by atoms with Gasteiger partial charge in [0.2, 0.25) is 0 Å². The summed E-state index contributed by atoms with van der Waals surface area (Å²) in [4.78, 5) is 23.5. The van der Waals surface area contributed by atoms with Crippen LogP contribution in [0.1, 0.15) is 91.9 Å². The third-order valence-electron chi connectivity index (χ3n) is 4.92. The number of carboxylic acids is 1. The van der Waals surface area contributed by atoms with Crippen LogP contribution in [0.15, 0.2) is 0 Å². The minimum absolute atomic E-state index is 0.118. The maximum absolute atomic E-state index is 12.4. The van der Waals surface area contributed by atoms with Crippen LogP contribution < -0.4 is 0 Å². The van der Waals surface area contributed by atoms with E-state index in [9.17, 15) is 9.59 Å². The van der Waals surface area contributed by atoms with Crippen LogP contribution in [-0.2, 0) is 14.3 Å². The van der Waals surface area contributed by atoms with Crippen molar-refractivity contribution in [3.05, 3.63) is 0 Å². The second-order valence-electron chi connectivity index (χ2n) is 6.99. The average Bonchev–Trinajstić information content (AvgIpc) is 2.57. The largest absolute Gasteiger partial charge is 0.481 e. The molecule has 142 valence electrons. The highest BCUT2D eigenvalue weighted by Crippen LogP contribution is 2.25. The maximum atomic E-state index is 12.4. The lowest BCUT2D eigenvalue weighted by molar-refractivity contribution is -0.155. The molecule has 0 rings (SSSR count). The van der Waals surface area contributed by atoms with E-state index in [1.807, 2.05) is 0 Å². The molecular formula is C20H38O4. The summed E-state index contributed by atoms with van der Waals surface area (Å²) in [7, 11) is 0. The van der Waals surface area contributed by atoms with Gasteiger partial charge in [0.15, 0.2) is 0 Å². The Morgan fingerprint density at radius 1 is 0.917 bits per heavy atom. The fourth-order valence-electron chi connectivity index (χ4n) is 3.07. The summed E-state index contributed by atoms with van der Waals surface area (Å²) in [6.07, 6.45) is 9.15. The summed E-state index contributed by atoms with van der Waals surface area (Å²) < 4.78 is 5.50. The lowest BCUT2D eigenvalue weighted by Gasteiger charge is -2.22. The van der Waals surface area contributed by atoms with Crippen LogP contribution in [0.2, 0.25) is 0 Å². The first-order valence-electron chi connectivity index (χ1n) is 9.86. The van der Waals surface area contributed by atoms with Crippen LogP contribution in [0.25, 0.3) is 0 Å². The molecule has 24 heavy (non-hydrogen) atoms. The minimum Gasteiger partial charge on any atom is -0.481 e. The molecule has 0 radical (unpaired) electrons. The topological polar surface area (TPSA) is 63.6 Å². The predicted octanol–water partition coefficient (Wildman–Crippen LogP) is 5.44. The zero-order valence-corrected chi connectivity index (χ0v) is 16.2. The van der Waals surface area contributed by atoms with E-state index >= 15 is 0 Å². The number of hydrogen-bond acceptors (Lipinski definition) is 3. The number of unbranched alkanes of at least 4 members (excludes halogenated alkanes) is 2. The van der Waals surface area contributed by atoms with Gasteiger partial charge in [-0.2, -0.15) is 0 Å². The minimum atomic E-state index is -0.916. The van der Waals surface area contributed by atoms with Crippen molar-refractivity contribution in [1.29, 1.82) is 0 Å². The van der Waals surface area contributed by atoms with Crippen molar-refractivity contribution >= 4 is 11.9 Å². The SMILES string of the molecule is CCCCC(CC)COC(=O)C(CC(=O)O)CC(CC)CCCC. The number of carboxylic acid groups (broad SMARTS) is 1. The van der Waals surface area contributed by atoms with Crippen molar-refractivity contribution in [2.75, 3.05) is 6.61 Å². The van der Waals surface area contributed by atoms with E-state index in [1.54, 1.807) is 0 Å². The number of aliphatic carboxylic acids is 1. The van der Waals surface area contributed by atoms with Gasteiger partial charge in [-0.15, -0.1) is 0 Å². The Morgan fingerprint density at radius 3 is 1.92 bits per heavy atom. The summed E-state index contributed by atoms with van der Waals surface area (Å²) in [5, 5.41) is 9.13. The second kappa shape index (κ2) is 14.3. The molecule has 0 spiro atoms. The van der Waals surface area contributed by atoms with Gasteiger partial charge in [0.05, 0.1) is 18.9 Å². The molecule has 0 aliphatic heterocycles. The molecule has 0 bridgehead atoms. The van der Waals surface area contributed by atoms with Gasteiger partial charge in [-0.05, 0) is 24.7 Å². The molecule has 0 aromatic carbocycles. The molecule has 0 aromatic heterocycles. The van der Waals surface area contributed by atoms with E-state index in [2.05, 4.69) is 27.7 Å². The Morgan fingerprint density at radius 2 is 1.46 bits per heavy atom. The first-order chi connectivity index (χ1) is 11.5. The highest BCUT2D eigenvalue weighted by molar-refractivity contribution is 5.79. The molecule has 0 saturated carbocycles. The van der Waals surface area contributed by atoms with Crippen LogP contribution in [0.3, 0.4) is 0 Å². The van der Waals surface area contributed by atoms with Crippen LogP contribution in [0, 0.1) is 17.8 Å². The Hall–Kier alpha value is -1.06. The van der Waals surface area contributed by atoms with Gasteiger partial charge in [0.1, 0.15) is 0 Å². The molecule has 0 heterocycles. The van der Waals surface area contributed by atoms with E-state index in [0.29, 0.717) is 24.9 Å². The predicted molar refractivity (Wildman–Crippen MR) is 97.9 cm³/mol. The van der Waals surface area contributed by atoms with Gasteiger partial charge in [-0.3, -0.25) is 9.59 Å². The van der Waals surface area contributed by atoms with Crippen LogP contribution >= 0.6 is 0 Å². The summed E-state index contributed by atoms with van der Waals surface area (Å²) in [5.74, 6) is -0.944. The average molecular weight is 343 g/mol. The molecule has 0 saturated heterocycles. The molecule has 3 atom stereocenters. The molecule has 4 heteroatoms. The molecule has 3 unspecified atom stereocenters. The molecule has 0 fully saturated rings. The standard InChI is InChI=1S/C20H38O4/c1-5-9-11-16(7-3)13-18(14-19(21)22)20(23)24-15-17(8-4)12-10-6-2/h16-18H,5-15H2,1-4H3,(H,21,22). The molecular weight excluding hydrogens is 304 g/mol. The van der Waals surface area contributed by atoms with Crippen molar-refractivity contribution in [2.45, 2.75) is 91.9 Å². The van der Waals surface area contributed by atoms with Crippen molar-refractivity contribution in [3.8, 4) is 0 Å². The Balaban J connectivity index is 4.60. The van der Waals surface area contributed by atoms with Crippen LogP contribution in [-0.4, -0.2) is 23.7 Å². The van der Waals surface area contributed by atoms with E-state index in [0.717, 1.165) is 51.4 Å². The molecule has 4 nitrogen and oxygen atoms in total. The Labute approximate surface area is 148 Å². The van der Waals surface area contributed by atoms with E-state index in [1.165, 1.54) is 0 Å². The Kier molecular flexibility index (Phi) is 13.7. The fraction of sp³-hybridized carbons (Fsp3) is 0.900. The van der Waals surface area contributed by atoms with Gasteiger partial charge in [0.25, 0.3) is 0 Å². The lowest BCUT2D eigenvalue weighted by atomic mass is 9.87. The van der Waals surface area contributed by atoms with E-state index in [4.69, 9.17) is 9.84 Å². The van der Waals surface area contributed by atoms with E-state index in [-0.39, 0.29) is 12.4 Å². The normalized spacial score (nSPS) is 14.8. The highest BCUT2D eigenvalue weighted by atomic mass is 16.5. The molecule has 0 amide bonds. The second-order valence-corrected chi connectivity index (χ2v) is 6.99. The molecule has 0 aromatic rings. The maximum Gasteiger partial charge on any atom is 0.309 e. The molecule has 0 aliphatic carbocycles. The Bertz CT molecular complexity index is 341. The third-order valence-corrected chi connectivity index (χ3v) is 4.92.